The molecule has 1 aromatic carbocycles. The highest BCUT2D eigenvalue weighted by atomic mass is 19.2. The van der Waals surface area contributed by atoms with E-state index in [-0.39, 0.29) is 24.5 Å². The Balaban J connectivity index is 2.80. The molecule has 0 aliphatic carbocycles. The second-order valence-electron chi connectivity index (χ2n) is 4.62. The summed E-state index contributed by atoms with van der Waals surface area (Å²) in [6.45, 7) is 5.08. The summed E-state index contributed by atoms with van der Waals surface area (Å²) in [5.41, 5.74) is -0.236. The number of aliphatic hydroxyl groups excluding tert-OH is 1. The summed E-state index contributed by atoms with van der Waals surface area (Å²) in [7, 11) is 0. The largest absolute Gasteiger partial charge is 0.490 e. The van der Waals surface area contributed by atoms with Gasteiger partial charge in [0.05, 0.1) is 13.2 Å². The minimum atomic E-state index is -0.978. The van der Waals surface area contributed by atoms with Gasteiger partial charge in [0.2, 0.25) is 5.82 Å². The molecule has 0 spiro atoms. The van der Waals surface area contributed by atoms with Crippen LogP contribution in [-0.4, -0.2) is 18.3 Å². The molecule has 0 saturated heterocycles. The third kappa shape index (κ3) is 2.92. The molecule has 90 valence electrons. The van der Waals surface area contributed by atoms with E-state index in [9.17, 15) is 8.78 Å². The molecule has 0 heterocycles. The molecule has 16 heavy (non-hydrogen) atoms. The third-order valence-electron chi connectivity index (χ3n) is 2.29. The van der Waals surface area contributed by atoms with Gasteiger partial charge in [0.15, 0.2) is 11.6 Å². The Morgan fingerprint density at radius 3 is 2.44 bits per heavy atom. The van der Waals surface area contributed by atoms with Crippen LogP contribution in [-0.2, 0) is 0 Å². The number of benzene rings is 1. The number of ether oxygens (including phenoxy) is 1. The molecule has 0 aliphatic heterocycles. The van der Waals surface area contributed by atoms with Gasteiger partial charge < -0.3 is 9.84 Å². The van der Waals surface area contributed by atoms with E-state index in [1.807, 2.05) is 0 Å². The van der Waals surface area contributed by atoms with Gasteiger partial charge in [0.1, 0.15) is 0 Å². The maximum absolute atomic E-state index is 13.4. The number of aliphatic hydroxyl groups is 1. The Hall–Kier alpha value is -1.16. The second kappa shape index (κ2) is 4.78. The van der Waals surface area contributed by atoms with Crippen LogP contribution >= 0.6 is 0 Å². The van der Waals surface area contributed by atoms with Gasteiger partial charge in [-0.1, -0.05) is 19.9 Å². The molecule has 0 fully saturated rings. The van der Waals surface area contributed by atoms with E-state index in [1.54, 1.807) is 13.8 Å². The van der Waals surface area contributed by atoms with Crippen LogP contribution in [0, 0.1) is 24.0 Å². The molecule has 0 bridgehead atoms. The van der Waals surface area contributed by atoms with Crippen molar-refractivity contribution >= 4 is 0 Å². The van der Waals surface area contributed by atoms with Crippen LogP contribution in [0.3, 0.4) is 0 Å². The molecule has 1 N–H and O–H groups in total. The molecular formula is C12H16F2O2. The highest BCUT2D eigenvalue weighted by Crippen LogP contribution is 2.24. The van der Waals surface area contributed by atoms with Gasteiger partial charge >= 0.3 is 0 Å². The van der Waals surface area contributed by atoms with Crippen molar-refractivity contribution in [3.63, 3.8) is 0 Å². The minimum Gasteiger partial charge on any atom is -0.490 e. The van der Waals surface area contributed by atoms with Crippen LogP contribution < -0.4 is 4.74 Å². The summed E-state index contributed by atoms with van der Waals surface area (Å²) in [5.74, 6) is -1.99. The Kier molecular flexibility index (Phi) is 3.86. The minimum absolute atomic E-state index is 0.0804. The SMILES string of the molecule is Cc1ccc(OCC(C)(C)CO)c(F)c1F. The van der Waals surface area contributed by atoms with Crippen molar-refractivity contribution in [2.45, 2.75) is 20.8 Å². The van der Waals surface area contributed by atoms with Crippen LogP contribution in [0.4, 0.5) is 8.78 Å². The zero-order valence-electron chi connectivity index (χ0n) is 9.68. The zero-order chi connectivity index (χ0) is 12.3. The number of halogens is 2. The number of aryl methyl sites for hydroxylation is 1. The first-order chi connectivity index (χ1) is 7.37. The van der Waals surface area contributed by atoms with Gasteiger partial charge in [-0.15, -0.1) is 0 Å². The van der Waals surface area contributed by atoms with Crippen molar-refractivity contribution in [2.24, 2.45) is 5.41 Å². The van der Waals surface area contributed by atoms with Crippen molar-refractivity contribution in [3.8, 4) is 5.75 Å². The molecule has 0 saturated carbocycles. The van der Waals surface area contributed by atoms with Crippen molar-refractivity contribution in [3.05, 3.63) is 29.3 Å². The fourth-order valence-corrected chi connectivity index (χ4v) is 1.06. The molecule has 2 nitrogen and oxygen atoms in total. The van der Waals surface area contributed by atoms with Gasteiger partial charge in [-0.3, -0.25) is 0 Å². The van der Waals surface area contributed by atoms with Crippen LogP contribution in [0.5, 0.6) is 5.75 Å². The van der Waals surface area contributed by atoms with Crippen LogP contribution in [0.25, 0.3) is 0 Å². The molecule has 4 heteroatoms. The molecule has 1 aromatic rings. The lowest BCUT2D eigenvalue weighted by atomic mass is 9.96. The normalized spacial score (nSPS) is 11.6. The fourth-order valence-electron chi connectivity index (χ4n) is 1.06. The van der Waals surface area contributed by atoms with Gasteiger partial charge in [0.25, 0.3) is 0 Å². The molecule has 1 rings (SSSR count). The zero-order valence-corrected chi connectivity index (χ0v) is 9.68. The molecule has 0 radical (unpaired) electrons. The molecule has 0 atom stereocenters. The Morgan fingerprint density at radius 1 is 1.25 bits per heavy atom. The lowest BCUT2D eigenvalue weighted by molar-refractivity contribution is 0.0949. The Bertz CT molecular complexity index is 376. The van der Waals surface area contributed by atoms with Crippen LogP contribution in [0.1, 0.15) is 19.4 Å². The molecule has 0 aromatic heterocycles. The Morgan fingerprint density at radius 2 is 1.88 bits per heavy atom. The topological polar surface area (TPSA) is 29.5 Å². The molecule has 0 amide bonds. The van der Waals surface area contributed by atoms with Crippen molar-refractivity contribution < 1.29 is 18.6 Å². The highest BCUT2D eigenvalue weighted by Gasteiger charge is 2.19. The smallest absolute Gasteiger partial charge is 0.200 e. The van der Waals surface area contributed by atoms with Crippen molar-refractivity contribution in [1.82, 2.24) is 0 Å². The summed E-state index contributed by atoms with van der Waals surface area (Å²) >= 11 is 0. The van der Waals surface area contributed by atoms with E-state index in [0.29, 0.717) is 0 Å². The predicted molar refractivity (Wildman–Crippen MR) is 57.5 cm³/mol. The van der Waals surface area contributed by atoms with Gasteiger partial charge in [-0.2, -0.15) is 4.39 Å². The monoisotopic (exact) mass is 230 g/mol. The second-order valence-corrected chi connectivity index (χ2v) is 4.62. The summed E-state index contributed by atoms with van der Waals surface area (Å²) in [4.78, 5) is 0. The van der Waals surface area contributed by atoms with Gasteiger partial charge in [-0.05, 0) is 18.6 Å². The summed E-state index contributed by atoms with van der Waals surface area (Å²) in [6.07, 6.45) is 0. The Labute approximate surface area is 93.9 Å². The maximum Gasteiger partial charge on any atom is 0.200 e. The van der Waals surface area contributed by atoms with E-state index >= 15 is 0 Å². The van der Waals surface area contributed by atoms with Crippen molar-refractivity contribution in [2.75, 3.05) is 13.2 Å². The third-order valence-corrected chi connectivity index (χ3v) is 2.29. The molecule has 0 aliphatic rings. The molecule has 0 unspecified atom stereocenters. The lowest BCUT2D eigenvalue weighted by Crippen LogP contribution is -2.25. The van der Waals surface area contributed by atoms with Crippen LogP contribution in [0.2, 0.25) is 0 Å². The highest BCUT2D eigenvalue weighted by molar-refractivity contribution is 5.30. The van der Waals surface area contributed by atoms with E-state index < -0.39 is 17.0 Å². The summed E-state index contributed by atoms with van der Waals surface area (Å²) < 4.78 is 31.7. The lowest BCUT2D eigenvalue weighted by Gasteiger charge is -2.22. The number of hydrogen-bond acceptors (Lipinski definition) is 2. The fraction of sp³-hybridized carbons (Fsp3) is 0.500. The van der Waals surface area contributed by atoms with Crippen LogP contribution in [0.15, 0.2) is 12.1 Å². The average Bonchev–Trinajstić information content (AvgIpc) is 2.25. The van der Waals surface area contributed by atoms with Gasteiger partial charge in [-0.25, -0.2) is 4.39 Å². The first-order valence-electron chi connectivity index (χ1n) is 5.05. The predicted octanol–water partition coefficient (Wildman–Crippen LogP) is 2.67. The standard InChI is InChI=1S/C12H16F2O2/c1-8-4-5-9(11(14)10(8)13)16-7-12(2,3)6-15/h4-5,15H,6-7H2,1-3H3. The average molecular weight is 230 g/mol. The quantitative estimate of drug-likeness (QED) is 0.861. The number of rotatable bonds is 4. The van der Waals surface area contributed by atoms with E-state index in [1.165, 1.54) is 19.1 Å². The van der Waals surface area contributed by atoms with Crippen molar-refractivity contribution in [1.29, 1.82) is 0 Å². The number of hydrogen-bond donors (Lipinski definition) is 1. The first kappa shape index (κ1) is 12.9. The van der Waals surface area contributed by atoms with E-state index in [4.69, 9.17) is 9.84 Å². The first-order valence-corrected chi connectivity index (χ1v) is 5.05. The summed E-state index contributed by atoms with van der Waals surface area (Å²) in [5, 5.41) is 8.99. The molecular weight excluding hydrogens is 214 g/mol. The maximum atomic E-state index is 13.4. The summed E-state index contributed by atoms with van der Waals surface area (Å²) in [6, 6.07) is 2.85. The van der Waals surface area contributed by atoms with E-state index in [0.717, 1.165) is 0 Å². The van der Waals surface area contributed by atoms with E-state index in [2.05, 4.69) is 0 Å². The van der Waals surface area contributed by atoms with Gasteiger partial charge in [0, 0.05) is 5.41 Å².